The number of benzene rings is 1. The highest BCUT2D eigenvalue weighted by molar-refractivity contribution is 6.33. The number of aryl methyl sites for hydroxylation is 1. The van der Waals surface area contributed by atoms with E-state index in [0.29, 0.717) is 33.8 Å². The predicted molar refractivity (Wildman–Crippen MR) is 86.0 cm³/mol. The molecule has 0 aliphatic rings. The Labute approximate surface area is 136 Å². The molecule has 0 bridgehead atoms. The summed E-state index contributed by atoms with van der Waals surface area (Å²) < 4.78 is 4.88. The first-order chi connectivity index (χ1) is 11.1. The summed E-state index contributed by atoms with van der Waals surface area (Å²) in [6, 6.07) is 8.85. The summed E-state index contributed by atoms with van der Waals surface area (Å²) in [5.74, 6) is 0.913. The topological polar surface area (TPSA) is 92.9 Å². The minimum absolute atomic E-state index is 0.301. The normalized spacial score (nSPS) is 10.3. The second kappa shape index (κ2) is 6.45. The molecule has 7 nitrogen and oxygen atoms in total. The van der Waals surface area contributed by atoms with E-state index >= 15 is 0 Å². The summed E-state index contributed by atoms with van der Waals surface area (Å²) >= 11 is 6.05. The largest absolute Gasteiger partial charge is 0.360 e. The molecule has 1 aromatic carbocycles. The van der Waals surface area contributed by atoms with Crippen LogP contribution in [-0.4, -0.2) is 21.0 Å². The molecule has 0 aliphatic heterocycles. The first kappa shape index (κ1) is 15.0. The van der Waals surface area contributed by atoms with Gasteiger partial charge in [0.05, 0.1) is 16.3 Å². The van der Waals surface area contributed by atoms with Gasteiger partial charge in [0.2, 0.25) is 5.95 Å². The van der Waals surface area contributed by atoms with Crippen LogP contribution in [0, 0.1) is 6.92 Å². The second-order valence-corrected chi connectivity index (χ2v) is 5.08. The maximum Gasteiger partial charge on any atom is 0.260 e. The molecule has 0 fully saturated rings. The van der Waals surface area contributed by atoms with Crippen LogP contribution in [0.5, 0.6) is 0 Å². The highest BCUT2D eigenvalue weighted by Crippen LogP contribution is 2.22. The van der Waals surface area contributed by atoms with Crippen molar-refractivity contribution in [3.05, 3.63) is 59.1 Å². The first-order valence-electron chi connectivity index (χ1n) is 6.70. The van der Waals surface area contributed by atoms with E-state index in [2.05, 4.69) is 25.8 Å². The molecule has 0 unspecified atom stereocenters. The number of nitrogens with zero attached hydrogens (tertiary/aromatic N) is 3. The average molecular weight is 330 g/mol. The van der Waals surface area contributed by atoms with Crippen molar-refractivity contribution in [2.75, 3.05) is 10.6 Å². The van der Waals surface area contributed by atoms with Crippen LogP contribution in [-0.2, 0) is 0 Å². The maximum absolute atomic E-state index is 12.0. The van der Waals surface area contributed by atoms with Crippen molar-refractivity contribution in [2.45, 2.75) is 6.92 Å². The SMILES string of the molecule is Cc1cc(NC(=O)c2cnc(Nc3ccccc3Cl)nc2)no1. The van der Waals surface area contributed by atoms with Crippen LogP contribution in [0.1, 0.15) is 16.1 Å². The number of anilines is 3. The number of carbonyl (C=O) groups is 1. The summed E-state index contributed by atoms with van der Waals surface area (Å²) in [6.45, 7) is 1.74. The van der Waals surface area contributed by atoms with Crippen LogP contribution in [0.4, 0.5) is 17.5 Å². The van der Waals surface area contributed by atoms with E-state index in [1.807, 2.05) is 12.1 Å². The number of para-hydroxylation sites is 1. The van der Waals surface area contributed by atoms with E-state index in [0.717, 1.165) is 0 Å². The number of amides is 1. The van der Waals surface area contributed by atoms with E-state index in [9.17, 15) is 4.79 Å². The van der Waals surface area contributed by atoms with Crippen molar-refractivity contribution in [3.63, 3.8) is 0 Å². The number of carbonyl (C=O) groups excluding carboxylic acids is 1. The molecule has 2 N–H and O–H groups in total. The summed E-state index contributed by atoms with van der Waals surface area (Å²) in [4.78, 5) is 20.2. The van der Waals surface area contributed by atoms with Crippen molar-refractivity contribution in [1.82, 2.24) is 15.1 Å². The van der Waals surface area contributed by atoms with Crippen LogP contribution in [0.2, 0.25) is 5.02 Å². The van der Waals surface area contributed by atoms with E-state index in [1.54, 1.807) is 25.1 Å². The molecule has 0 aliphatic carbocycles. The van der Waals surface area contributed by atoms with Crippen LogP contribution < -0.4 is 10.6 Å². The van der Waals surface area contributed by atoms with Gasteiger partial charge in [0.1, 0.15) is 5.76 Å². The number of hydrogen-bond donors (Lipinski definition) is 2. The zero-order valence-corrected chi connectivity index (χ0v) is 12.8. The number of aromatic nitrogens is 3. The van der Waals surface area contributed by atoms with Gasteiger partial charge in [0.15, 0.2) is 5.82 Å². The fourth-order valence-electron chi connectivity index (χ4n) is 1.81. The maximum atomic E-state index is 12.0. The minimum Gasteiger partial charge on any atom is -0.360 e. The molecular formula is C15H12ClN5O2. The van der Waals surface area contributed by atoms with Crippen LogP contribution in [0.3, 0.4) is 0 Å². The minimum atomic E-state index is -0.373. The molecule has 116 valence electrons. The molecule has 23 heavy (non-hydrogen) atoms. The standard InChI is InChI=1S/C15H12ClN5O2/c1-9-6-13(21-23-9)20-14(22)10-7-17-15(18-8-10)19-12-5-3-2-4-11(12)16/h2-8H,1H3,(H,17,18,19)(H,20,21,22). The fraction of sp³-hybridized carbons (Fsp3) is 0.0667. The van der Waals surface area contributed by atoms with E-state index in [1.165, 1.54) is 12.4 Å². The zero-order valence-electron chi connectivity index (χ0n) is 12.1. The quantitative estimate of drug-likeness (QED) is 0.761. The third-order valence-corrected chi connectivity index (χ3v) is 3.23. The number of rotatable bonds is 4. The molecule has 0 radical (unpaired) electrons. The molecular weight excluding hydrogens is 318 g/mol. The molecule has 1 amide bonds. The average Bonchev–Trinajstić information content (AvgIpc) is 2.95. The van der Waals surface area contributed by atoms with Gasteiger partial charge in [-0.25, -0.2) is 9.97 Å². The molecule has 0 saturated carbocycles. The Morgan fingerprint density at radius 2 is 1.96 bits per heavy atom. The monoisotopic (exact) mass is 329 g/mol. The van der Waals surface area contributed by atoms with Gasteiger partial charge in [0, 0.05) is 18.5 Å². The van der Waals surface area contributed by atoms with Crippen LogP contribution >= 0.6 is 11.6 Å². The van der Waals surface area contributed by atoms with Crippen molar-refractivity contribution < 1.29 is 9.32 Å². The van der Waals surface area contributed by atoms with Crippen LogP contribution in [0.25, 0.3) is 0 Å². The highest BCUT2D eigenvalue weighted by Gasteiger charge is 2.10. The molecule has 3 rings (SSSR count). The summed E-state index contributed by atoms with van der Waals surface area (Å²) in [5, 5.41) is 9.81. The number of nitrogens with one attached hydrogen (secondary N) is 2. The first-order valence-corrected chi connectivity index (χ1v) is 7.08. The van der Waals surface area contributed by atoms with Gasteiger partial charge in [0.25, 0.3) is 5.91 Å². The lowest BCUT2D eigenvalue weighted by atomic mass is 10.3. The molecule has 2 aromatic heterocycles. The Morgan fingerprint density at radius 1 is 1.22 bits per heavy atom. The number of hydrogen-bond acceptors (Lipinski definition) is 6. The van der Waals surface area contributed by atoms with Gasteiger partial charge in [-0.2, -0.15) is 0 Å². The van der Waals surface area contributed by atoms with Gasteiger partial charge in [-0.3, -0.25) is 4.79 Å². The van der Waals surface area contributed by atoms with Crippen molar-refractivity contribution in [1.29, 1.82) is 0 Å². The van der Waals surface area contributed by atoms with Crippen LogP contribution in [0.15, 0.2) is 47.2 Å². The Balaban J connectivity index is 1.69. The van der Waals surface area contributed by atoms with Gasteiger partial charge in [-0.15, -0.1) is 0 Å². The third-order valence-electron chi connectivity index (χ3n) is 2.90. The smallest absolute Gasteiger partial charge is 0.260 e. The van der Waals surface area contributed by atoms with Gasteiger partial charge >= 0.3 is 0 Å². The lowest BCUT2D eigenvalue weighted by Crippen LogP contribution is -2.13. The van der Waals surface area contributed by atoms with E-state index in [-0.39, 0.29) is 5.91 Å². The second-order valence-electron chi connectivity index (χ2n) is 4.68. The van der Waals surface area contributed by atoms with Gasteiger partial charge in [-0.1, -0.05) is 28.9 Å². The van der Waals surface area contributed by atoms with E-state index < -0.39 is 0 Å². The van der Waals surface area contributed by atoms with Crippen molar-refractivity contribution in [3.8, 4) is 0 Å². The summed E-state index contributed by atoms with van der Waals surface area (Å²) in [6.07, 6.45) is 2.82. The molecule has 2 heterocycles. The Bertz CT molecular complexity index is 832. The third kappa shape index (κ3) is 3.64. The Morgan fingerprint density at radius 3 is 2.61 bits per heavy atom. The molecule has 0 spiro atoms. The Kier molecular flexibility index (Phi) is 4.20. The Hall–Kier alpha value is -2.93. The van der Waals surface area contributed by atoms with Crippen molar-refractivity contribution >= 4 is 35.0 Å². The molecule has 0 atom stereocenters. The molecule has 3 aromatic rings. The predicted octanol–water partition coefficient (Wildman–Crippen LogP) is 3.42. The van der Waals surface area contributed by atoms with Gasteiger partial charge in [-0.05, 0) is 19.1 Å². The fourth-order valence-corrected chi connectivity index (χ4v) is 1.99. The molecule has 0 saturated heterocycles. The van der Waals surface area contributed by atoms with E-state index in [4.69, 9.17) is 16.1 Å². The summed E-state index contributed by atoms with van der Waals surface area (Å²) in [7, 11) is 0. The number of halogens is 1. The highest BCUT2D eigenvalue weighted by atomic mass is 35.5. The lowest BCUT2D eigenvalue weighted by molar-refractivity contribution is 0.102. The lowest BCUT2D eigenvalue weighted by Gasteiger charge is -2.06. The summed E-state index contributed by atoms with van der Waals surface area (Å²) in [5.41, 5.74) is 0.986. The van der Waals surface area contributed by atoms with Gasteiger partial charge < -0.3 is 15.2 Å². The molecule has 8 heteroatoms. The zero-order chi connectivity index (χ0) is 16.2. The van der Waals surface area contributed by atoms with Crippen molar-refractivity contribution in [2.24, 2.45) is 0 Å².